The Labute approximate surface area is 154 Å². The Balaban J connectivity index is 1.94. The quantitative estimate of drug-likeness (QED) is 0.362. The number of hydrogen-bond acceptors (Lipinski definition) is 3. The van der Waals surface area contributed by atoms with Crippen molar-refractivity contribution in [3.8, 4) is 10.4 Å². The normalized spacial score (nSPS) is 10.3. The zero-order chi connectivity index (χ0) is 16.2. The minimum absolute atomic E-state index is 0.242. The summed E-state index contributed by atoms with van der Waals surface area (Å²) in [7, 11) is 3.24. The molecular weight excluding hydrogens is 389 g/mol. The molecule has 0 saturated heterocycles. The molecule has 0 spiro atoms. The van der Waals surface area contributed by atoms with Crippen LogP contribution in [-0.2, 0) is 11.1 Å². The maximum atomic E-state index is 12.2. The number of carbonyl (C=O) groups excluding carboxylic acids is 1. The molecule has 0 fully saturated rings. The van der Waals surface area contributed by atoms with Crippen molar-refractivity contribution in [2.24, 2.45) is 4.36 Å². The van der Waals surface area contributed by atoms with Crippen molar-refractivity contribution in [2.45, 2.75) is 0 Å². The number of hydrogen-bond donors (Lipinski definition) is 0. The van der Waals surface area contributed by atoms with Crippen LogP contribution in [0.4, 0.5) is 0 Å². The molecule has 0 aliphatic heterocycles. The third kappa shape index (κ3) is 4.00. The molecule has 116 valence electrons. The van der Waals surface area contributed by atoms with Crippen molar-refractivity contribution in [1.82, 2.24) is 0 Å². The minimum Gasteiger partial charge on any atom is -0.266 e. The van der Waals surface area contributed by atoms with Gasteiger partial charge in [-0.3, -0.25) is 4.79 Å². The van der Waals surface area contributed by atoms with E-state index in [2.05, 4.69) is 16.5 Å². The van der Waals surface area contributed by atoms with Crippen LogP contribution in [0.25, 0.3) is 10.4 Å². The van der Waals surface area contributed by atoms with Gasteiger partial charge in [0.1, 0.15) is 3.82 Å². The van der Waals surface area contributed by atoms with Crippen molar-refractivity contribution in [3.05, 3.63) is 74.0 Å². The second kappa shape index (κ2) is 7.55. The van der Waals surface area contributed by atoms with E-state index in [0.717, 1.165) is 25.4 Å². The van der Waals surface area contributed by atoms with Gasteiger partial charge in [0, 0.05) is 4.88 Å². The lowest BCUT2D eigenvalue weighted by molar-refractivity contribution is 0.101. The fourth-order valence-electron chi connectivity index (χ4n) is 1.85. The Hall–Kier alpha value is -1.24. The average Bonchev–Trinajstić information content (AvgIpc) is 3.02. The van der Waals surface area contributed by atoms with Crippen LogP contribution in [0.15, 0.2) is 59.0 Å². The molecule has 0 unspecified atom stereocenters. The SMILES string of the molecule is O=C(N=S=c1cc(-c2ccccc2)ss1)c1c(Cl)cccc1Cl. The molecule has 23 heavy (non-hydrogen) atoms. The number of benzene rings is 2. The number of carbonyl (C=O) groups is 1. The molecule has 0 aliphatic rings. The minimum atomic E-state index is -0.426. The van der Waals surface area contributed by atoms with Crippen molar-refractivity contribution in [2.75, 3.05) is 0 Å². The molecule has 2 aromatic carbocycles. The van der Waals surface area contributed by atoms with E-state index >= 15 is 0 Å². The smallest absolute Gasteiger partial charge is 0.266 e. The lowest BCUT2D eigenvalue weighted by Gasteiger charge is -1.99. The van der Waals surface area contributed by atoms with Gasteiger partial charge in [0.2, 0.25) is 0 Å². The molecule has 3 aromatic rings. The fraction of sp³-hybridized carbons (Fsp3) is 0. The topological polar surface area (TPSA) is 29.4 Å². The number of halogens is 2. The first-order chi connectivity index (χ1) is 11.1. The van der Waals surface area contributed by atoms with E-state index < -0.39 is 5.91 Å². The number of rotatable bonds is 2. The lowest BCUT2D eigenvalue weighted by Crippen LogP contribution is -1.96. The molecule has 0 N–H and O–H groups in total. The summed E-state index contributed by atoms with van der Waals surface area (Å²) < 4.78 is 4.97. The number of amides is 1. The third-order valence-corrected chi connectivity index (χ3v) is 7.12. The highest BCUT2D eigenvalue weighted by molar-refractivity contribution is 7.75. The molecule has 2 nitrogen and oxygen atoms in total. The lowest BCUT2D eigenvalue weighted by atomic mass is 10.2. The fourth-order valence-corrected chi connectivity index (χ4v) is 5.64. The zero-order valence-electron chi connectivity index (χ0n) is 11.5. The molecule has 0 aliphatic carbocycles. The van der Waals surface area contributed by atoms with Crippen LogP contribution in [0.1, 0.15) is 10.4 Å². The first-order valence-corrected chi connectivity index (χ1v) is 10.2. The van der Waals surface area contributed by atoms with Gasteiger partial charge in [-0.2, -0.15) is 0 Å². The first kappa shape index (κ1) is 16.6. The Morgan fingerprint density at radius 3 is 2.35 bits per heavy atom. The van der Waals surface area contributed by atoms with E-state index in [1.165, 1.54) is 0 Å². The van der Waals surface area contributed by atoms with Crippen LogP contribution in [0, 0.1) is 3.82 Å². The van der Waals surface area contributed by atoms with Gasteiger partial charge in [-0.25, -0.2) is 0 Å². The summed E-state index contributed by atoms with van der Waals surface area (Å²) in [6.45, 7) is 0. The van der Waals surface area contributed by atoms with Gasteiger partial charge in [0.15, 0.2) is 0 Å². The molecule has 1 amide bonds. The summed E-state index contributed by atoms with van der Waals surface area (Å²) in [5.74, 6) is -0.426. The summed E-state index contributed by atoms with van der Waals surface area (Å²) in [5, 5.41) is 0.622. The molecule has 0 radical (unpaired) electrons. The second-order valence-electron chi connectivity index (χ2n) is 4.44. The maximum Gasteiger partial charge on any atom is 0.290 e. The van der Waals surface area contributed by atoms with E-state index in [-0.39, 0.29) is 5.56 Å². The summed E-state index contributed by atoms with van der Waals surface area (Å²) in [4.78, 5) is 13.3. The van der Waals surface area contributed by atoms with E-state index in [1.807, 2.05) is 24.3 Å². The monoisotopic (exact) mass is 397 g/mol. The van der Waals surface area contributed by atoms with E-state index in [1.54, 1.807) is 38.9 Å². The molecule has 1 heterocycles. The molecule has 0 bridgehead atoms. The Morgan fingerprint density at radius 1 is 0.957 bits per heavy atom. The second-order valence-corrected chi connectivity index (χ2v) is 8.54. The van der Waals surface area contributed by atoms with Gasteiger partial charge in [-0.15, -0.1) is 4.36 Å². The van der Waals surface area contributed by atoms with E-state index in [0.29, 0.717) is 10.0 Å². The molecule has 7 heteroatoms. The highest BCUT2D eigenvalue weighted by atomic mass is 35.5. The number of nitrogens with zero attached hydrogens (tertiary/aromatic N) is 1. The van der Waals surface area contributed by atoms with Crippen LogP contribution < -0.4 is 0 Å². The van der Waals surface area contributed by atoms with Crippen LogP contribution in [0.5, 0.6) is 0 Å². The van der Waals surface area contributed by atoms with Crippen molar-refractivity contribution >= 4 is 60.9 Å². The Morgan fingerprint density at radius 2 is 1.65 bits per heavy atom. The van der Waals surface area contributed by atoms with Gasteiger partial charge in [-0.1, -0.05) is 80.3 Å². The van der Waals surface area contributed by atoms with E-state index in [4.69, 9.17) is 23.2 Å². The van der Waals surface area contributed by atoms with Crippen LogP contribution in [-0.4, -0.2) is 5.91 Å². The molecule has 0 atom stereocenters. The van der Waals surface area contributed by atoms with Gasteiger partial charge in [-0.05, 0) is 34.9 Å². The van der Waals surface area contributed by atoms with Crippen LogP contribution >= 0.6 is 43.9 Å². The Bertz CT molecular complexity index is 936. The van der Waals surface area contributed by atoms with Gasteiger partial charge in [0.05, 0.1) is 15.6 Å². The van der Waals surface area contributed by atoms with Crippen molar-refractivity contribution < 1.29 is 4.79 Å². The highest BCUT2D eigenvalue weighted by Gasteiger charge is 2.13. The summed E-state index contributed by atoms with van der Waals surface area (Å²) in [5.41, 5.74) is 1.40. The van der Waals surface area contributed by atoms with E-state index in [9.17, 15) is 4.79 Å². The predicted octanol–water partition coefficient (Wildman–Crippen LogP) is 6.42. The highest BCUT2D eigenvalue weighted by Crippen LogP contribution is 2.28. The molecule has 0 saturated carbocycles. The van der Waals surface area contributed by atoms with Crippen molar-refractivity contribution in [3.63, 3.8) is 0 Å². The van der Waals surface area contributed by atoms with Crippen LogP contribution in [0.3, 0.4) is 0 Å². The summed E-state index contributed by atoms with van der Waals surface area (Å²) >= 11 is 13.2. The Kier molecular flexibility index (Phi) is 5.46. The standard InChI is InChI=1S/C16H9Cl2NOS3/c17-11-7-4-8-12(18)15(11)16(20)19-21-14-9-13(22-23-14)10-5-2-1-3-6-10/h1-9H. The third-order valence-electron chi connectivity index (χ3n) is 2.92. The molecular formula is C16H9Cl2NOS3. The predicted molar refractivity (Wildman–Crippen MR) is 101 cm³/mol. The largest absolute Gasteiger partial charge is 0.290 e. The zero-order valence-corrected chi connectivity index (χ0v) is 15.5. The molecule has 3 rings (SSSR count). The van der Waals surface area contributed by atoms with Crippen molar-refractivity contribution in [1.29, 1.82) is 0 Å². The van der Waals surface area contributed by atoms with Crippen LogP contribution in [0.2, 0.25) is 10.0 Å². The van der Waals surface area contributed by atoms with Gasteiger partial charge < -0.3 is 0 Å². The summed E-state index contributed by atoms with van der Waals surface area (Å²) in [6.07, 6.45) is 0. The molecule has 1 aromatic heterocycles. The van der Waals surface area contributed by atoms with Gasteiger partial charge >= 0.3 is 0 Å². The van der Waals surface area contributed by atoms with Gasteiger partial charge in [0.25, 0.3) is 5.91 Å². The first-order valence-electron chi connectivity index (χ1n) is 6.50. The average molecular weight is 398 g/mol. The summed E-state index contributed by atoms with van der Waals surface area (Å²) in [6, 6.07) is 17.1. The maximum absolute atomic E-state index is 12.2.